The van der Waals surface area contributed by atoms with Gasteiger partial charge < -0.3 is 9.80 Å². The first kappa shape index (κ1) is 23.2. The monoisotopic (exact) mass is 496 g/mol. The highest BCUT2D eigenvalue weighted by molar-refractivity contribution is 8.26. The highest BCUT2D eigenvalue weighted by atomic mass is 32.2. The predicted molar refractivity (Wildman–Crippen MR) is 136 cm³/mol. The van der Waals surface area contributed by atoms with Gasteiger partial charge in [-0.05, 0) is 50.6 Å². The van der Waals surface area contributed by atoms with E-state index in [1.165, 1.54) is 0 Å². The van der Waals surface area contributed by atoms with Crippen LogP contribution in [0.15, 0.2) is 23.4 Å². The topological polar surface area (TPSA) is 124 Å². The number of amides is 1. The molecule has 1 saturated heterocycles. The van der Waals surface area contributed by atoms with E-state index in [9.17, 15) is 10.1 Å². The quantitative estimate of drug-likeness (QED) is 0.318. The third-order valence-corrected chi connectivity index (χ3v) is 8.92. The molecule has 1 aliphatic heterocycles. The van der Waals surface area contributed by atoms with Crippen molar-refractivity contribution in [3.63, 3.8) is 0 Å². The van der Waals surface area contributed by atoms with Crippen molar-refractivity contribution in [2.24, 2.45) is 5.41 Å². The van der Waals surface area contributed by atoms with Gasteiger partial charge in [0.1, 0.15) is 10.5 Å². The number of nitrogens with zero attached hydrogens (tertiary/aromatic N) is 5. The molecule has 2 aromatic rings. The van der Waals surface area contributed by atoms with Gasteiger partial charge in [0, 0.05) is 49.7 Å². The van der Waals surface area contributed by atoms with E-state index in [-0.39, 0.29) is 21.5 Å². The maximum Gasteiger partial charge on any atom is 0.219 e. The molecule has 5 rings (SSSR count). The molecule has 0 bridgehead atoms. The first-order chi connectivity index (χ1) is 16.2. The predicted octanol–water partition coefficient (Wildman–Crippen LogP) is 3.49. The Morgan fingerprint density at radius 2 is 1.91 bits per heavy atom. The minimum absolute atomic E-state index is 0.0985. The molecule has 0 unspecified atom stereocenters. The molecule has 3 fully saturated rings. The molecule has 9 nitrogen and oxygen atoms in total. The molecule has 2 saturated carbocycles. The van der Waals surface area contributed by atoms with Crippen molar-refractivity contribution < 1.29 is 4.79 Å². The fourth-order valence-electron chi connectivity index (χ4n) is 4.03. The van der Waals surface area contributed by atoms with Crippen LogP contribution in [0.5, 0.6) is 0 Å². The fraction of sp³-hybridized carbons (Fsp3) is 0.522. The summed E-state index contributed by atoms with van der Waals surface area (Å²) >= 11 is 2.62. The van der Waals surface area contributed by atoms with Gasteiger partial charge in [-0.15, -0.1) is 0 Å². The van der Waals surface area contributed by atoms with Gasteiger partial charge in [0.25, 0.3) is 0 Å². The number of anilines is 1. The summed E-state index contributed by atoms with van der Waals surface area (Å²) in [5.74, 6) is 0.573. The molecular formula is C23H28N8OS2. The highest BCUT2D eigenvalue weighted by Gasteiger charge is 2.48. The molecule has 2 aliphatic carbocycles. The van der Waals surface area contributed by atoms with Gasteiger partial charge in [0.15, 0.2) is 5.82 Å². The van der Waals surface area contributed by atoms with Gasteiger partial charge in [0.05, 0.1) is 28.5 Å². The first-order valence-electron chi connectivity index (χ1n) is 11.5. The Kier molecular flexibility index (Phi) is 5.86. The number of carbonyl (C=O) groups excluding carboxylic acids is 1. The lowest BCUT2D eigenvalue weighted by Gasteiger charge is -2.36. The SMILES string of the molecule is CC(=O)N1CCN(c2cc(SNC3(C)CC3)cn3c(C(=N)SC(=N)C4(C#N)CC4)ncc23)CC1. The second-order valence-electron chi connectivity index (χ2n) is 9.61. The summed E-state index contributed by atoms with van der Waals surface area (Å²) in [6.45, 7) is 6.64. The minimum Gasteiger partial charge on any atom is -0.366 e. The highest BCUT2D eigenvalue weighted by Crippen LogP contribution is 2.49. The molecule has 178 valence electrons. The van der Waals surface area contributed by atoms with Crippen LogP contribution in [-0.4, -0.2) is 62.0 Å². The normalized spacial score (nSPS) is 20.1. The van der Waals surface area contributed by atoms with E-state index in [2.05, 4.69) is 33.7 Å². The average molecular weight is 497 g/mol. The number of thioether (sulfide) groups is 1. The Morgan fingerprint density at radius 1 is 1.21 bits per heavy atom. The van der Waals surface area contributed by atoms with Gasteiger partial charge in [-0.2, -0.15) is 5.26 Å². The van der Waals surface area contributed by atoms with Crippen molar-refractivity contribution in [3.8, 4) is 6.07 Å². The van der Waals surface area contributed by atoms with Crippen molar-refractivity contribution in [3.05, 3.63) is 24.3 Å². The summed E-state index contributed by atoms with van der Waals surface area (Å²) in [5.41, 5.74) is 1.37. The van der Waals surface area contributed by atoms with Crippen molar-refractivity contribution in [2.75, 3.05) is 31.1 Å². The van der Waals surface area contributed by atoms with Crippen LogP contribution < -0.4 is 9.62 Å². The van der Waals surface area contributed by atoms with E-state index in [1.807, 2.05) is 15.5 Å². The summed E-state index contributed by atoms with van der Waals surface area (Å²) in [7, 11) is 0. The molecule has 2 aromatic heterocycles. The van der Waals surface area contributed by atoms with E-state index >= 15 is 0 Å². The lowest BCUT2D eigenvalue weighted by molar-refractivity contribution is -0.129. The summed E-state index contributed by atoms with van der Waals surface area (Å²) in [5, 5.41) is 26.8. The first-order valence-corrected chi connectivity index (χ1v) is 13.1. The molecule has 0 atom stereocenters. The minimum atomic E-state index is -0.712. The summed E-state index contributed by atoms with van der Waals surface area (Å²) in [6, 6.07) is 4.39. The molecule has 3 aliphatic rings. The number of hydrogen-bond acceptors (Lipinski definition) is 9. The van der Waals surface area contributed by atoms with Crippen LogP contribution in [0.25, 0.3) is 5.52 Å². The van der Waals surface area contributed by atoms with Crippen molar-refractivity contribution in [1.29, 1.82) is 16.1 Å². The van der Waals surface area contributed by atoms with Gasteiger partial charge >= 0.3 is 0 Å². The van der Waals surface area contributed by atoms with Crippen LogP contribution in [-0.2, 0) is 4.79 Å². The number of nitriles is 1. The Labute approximate surface area is 207 Å². The van der Waals surface area contributed by atoms with E-state index < -0.39 is 5.41 Å². The average Bonchev–Trinajstić information content (AvgIpc) is 3.74. The molecule has 0 spiro atoms. The second kappa shape index (κ2) is 8.59. The van der Waals surface area contributed by atoms with Crippen molar-refractivity contribution in [1.82, 2.24) is 19.0 Å². The van der Waals surface area contributed by atoms with Crippen LogP contribution >= 0.6 is 23.7 Å². The van der Waals surface area contributed by atoms with E-state index in [4.69, 9.17) is 10.8 Å². The number of rotatable bonds is 6. The lowest BCUT2D eigenvalue weighted by atomic mass is 10.2. The van der Waals surface area contributed by atoms with Gasteiger partial charge in [-0.25, -0.2) is 4.98 Å². The molecule has 0 aromatic carbocycles. The van der Waals surface area contributed by atoms with Crippen LogP contribution in [0.3, 0.4) is 0 Å². The number of pyridine rings is 1. The number of aromatic nitrogens is 2. The van der Waals surface area contributed by atoms with Crippen LogP contribution in [0, 0.1) is 27.6 Å². The molecule has 3 N–H and O–H groups in total. The molecule has 34 heavy (non-hydrogen) atoms. The third-order valence-electron chi connectivity index (χ3n) is 6.88. The van der Waals surface area contributed by atoms with E-state index in [0.717, 1.165) is 53.8 Å². The van der Waals surface area contributed by atoms with Crippen LogP contribution in [0.2, 0.25) is 0 Å². The van der Waals surface area contributed by atoms with E-state index in [1.54, 1.807) is 25.1 Å². The summed E-state index contributed by atoms with van der Waals surface area (Å²) in [4.78, 5) is 21.5. The second-order valence-corrected chi connectivity index (χ2v) is 11.5. The molecular weight excluding hydrogens is 468 g/mol. The van der Waals surface area contributed by atoms with Gasteiger partial charge in [-0.1, -0.05) is 11.8 Å². The molecule has 0 radical (unpaired) electrons. The van der Waals surface area contributed by atoms with Crippen molar-refractivity contribution in [2.45, 2.75) is 50.0 Å². The van der Waals surface area contributed by atoms with Gasteiger partial charge in [-0.3, -0.25) is 24.7 Å². The number of carbonyl (C=O) groups is 1. The summed E-state index contributed by atoms with van der Waals surface area (Å²) in [6.07, 6.45) is 7.46. The smallest absolute Gasteiger partial charge is 0.219 e. The maximum atomic E-state index is 11.8. The zero-order valence-electron chi connectivity index (χ0n) is 19.3. The Bertz CT molecular complexity index is 1220. The molecule has 11 heteroatoms. The summed E-state index contributed by atoms with van der Waals surface area (Å²) < 4.78 is 5.49. The number of hydrogen-bond donors (Lipinski definition) is 3. The van der Waals surface area contributed by atoms with Crippen LogP contribution in [0.1, 0.15) is 45.4 Å². The van der Waals surface area contributed by atoms with E-state index in [0.29, 0.717) is 31.8 Å². The third kappa shape index (κ3) is 4.42. The number of piperazine rings is 1. The van der Waals surface area contributed by atoms with Gasteiger partial charge in [0.2, 0.25) is 5.91 Å². The van der Waals surface area contributed by atoms with Crippen molar-refractivity contribution >= 4 is 50.9 Å². The Hall–Kier alpha value is -2.55. The molecule has 3 heterocycles. The Balaban J connectivity index is 1.45. The zero-order chi connectivity index (χ0) is 24.1. The van der Waals surface area contributed by atoms with Crippen LogP contribution in [0.4, 0.5) is 5.69 Å². The fourth-order valence-corrected chi connectivity index (χ4v) is 5.81. The molecule has 1 amide bonds. The standard InChI is InChI=1S/C23H28N8OS2/c1-15(32)29-7-9-30(10-8-29)17-11-16(34-28-22(2)3-4-22)13-31-18(17)12-27-20(31)19(25)33-21(26)23(14-24)5-6-23/h11-13,25-26,28H,3-10H2,1-2H3. The largest absolute Gasteiger partial charge is 0.366 e. The number of nitrogens with one attached hydrogen (secondary N) is 3. The maximum absolute atomic E-state index is 11.8. The Morgan fingerprint density at radius 3 is 2.50 bits per heavy atom. The lowest BCUT2D eigenvalue weighted by Crippen LogP contribution is -2.48. The number of fused-ring (bicyclic) bond motifs is 1. The number of imidazole rings is 1. The zero-order valence-corrected chi connectivity index (χ0v) is 21.0.